The lowest BCUT2D eigenvalue weighted by Crippen LogP contribution is -2.28. The molecule has 2 aromatic rings. The van der Waals surface area contributed by atoms with Crippen LogP contribution in [0.5, 0.6) is 11.5 Å². The van der Waals surface area contributed by atoms with Crippen LogP contribution in [0.25, 0.3) is 0 Å². The number of anilines is 1. The van der Waals surface area contributed by atoms with Crippen molar-refractivity contribution in [1.29, 1.82) is 0 Å². The first-order valence-corrected chi connectivity index (χ1v) is 11.4. The SMILES string of the molecule is COc1ccc(Br)c(CNC2CCCCCC2)c1OCC(=O)Nc1ccc(C)cc1. The van der Waals surface area contributed by atoms with Gasteiger partial charge in [-0.2, -0.15) is 0 Å². The number of carbonyl (C=O) groups is 1. The number of nitrogens with one attached hydrogen (secondary N) is 2. The molecule has 0 radical (unpaired) electrons. The van der Waals surface area contributed by atoms with Crippen LogP contribution in [-0.4, -0.2) is 25.7 Å². The Kier molecular flexibility index (Phi) is 8.58. The van der Waals surface area contributed by atoms with Crippen LogP contribution in [0.15, 0.2) is 40.9 Å². The first-order valence-electron chi connectivity index (χ1n) is 10.6. The molecular weight excluding hydrogens is 444 g/mol. The van der Waals surface area contributed by atoms with Crippen LogP contribution in [0.1, 0.15) is 49.7 Å². The number of hydrogen-bond donors (Lipinski definition) is 2. The van der Waals surface area contributed by atoms with Crippen LogP contribution < -0.4 is 20.1 Å². The zero-order valence-electron chi connectivity index (χ0n) is 17.8. The third kappa shape index (κ3) is 6.47. The van der Waals surface area contributed by atoms with E-state index in [2.05, 4.69) is 26.6 Å². The molecule has 162 valence electrons. The Morgan fingerprint density at radius 3 is 2.43 bits per heavy atom. The van der Waals surface area contributed by atoms with Crippen molar-refractivity contribution in [2.24, 2.45) is 0 Å². The van der Waals surface area contributed by atoms with E-state index in [1.807, 2.05) is 43.3 Å². The highest BCUT2D eigenvalue weighted by molar-refractivity contribution is 9.10. The number of aryl methyl sites for hydroxylation is 1. The summed E-state index contributed by atoms with van der Waals surface area (Å²) in [5.74, 6) is 1.02. The van der Waals surface area contributed by atoms with Gasteiger partial charge in [-0.1, -0.05) is 59.3 Å². The second-order valence-corrected chi connectivity index (χ2v) is 8.68. The molecule has 0 aliphatic heterocycles. The summed E-state index contributed by atoms with van der Waals surface area (Å²) < 4.78 is 12.4. The van der Waals surface area contributed by atoms with Crippen LogP contribution in [0.3, 0.4) is 0 Å². The fourth-order valence-electron chi connectivity index (χ4n) is 3.77. The maximum absolute atomic E-state index is 12.4. The molecule has 0 unspecified atom stereocenters. The molecule has 1 saturated carbocycles. The highest BCUT2D eigenvalue weighted by Gasteiger charge is 2.18. The number of amides is 1. The summed E-state index contributed by atoms with van der Waals surface area (Å²) in [5, 5.41) is 6.55. The van der Waals surface area contributed by atoms with E-state index in [0.717, 1.165) is 21.3 Å². The van der Waals surface area contributed by atoms with Crippen molar-refractivity contribution in [3.05, 3.63) is 52.0 Å². The van der Waals surface area contributed by atoms with E-state index in [0.29, 0.717) is 24.1 Å². The Labute approximate surface area is 187 Å². The van der Waals surface area contributed by atoms with E-state index in [9.17, 15) is 4.79 Å². The van der Waals surface area contributed by atoms with Gasteiger partial charge >= 0.3 is 0 Å². The second kappa shape index (κ2) is 11.4. The molecule has 2 N–H and O–H groups in total. The van der Waals surface area contributed by atoms with Gasteiger partial charge in [0.15, 0.2) is 18.1 Å². The topological polar surface area (TPSA) is 59.6 Å². The van der Waals surface area contributed by atoms with E-state index in [-0.39, 0.29) is 12.5 Å². The number of ether oxygens (including phenoxy) is 2. The first-order chi connectivity index (χ1) is 14.6. The molecule has 0 saturated heterocycles. The number of halogens is 1. The van der Waals surface area contributed by atoms with Crippen molar-refractivity contribution >= 4 is 27.5 Å². The Morgan fingerprint density at radius 2 is 1.77 bits per heavy atom. The Hall–Kier alpha value is -2.05. The van der Waals surface area contributed by atoms with Gasteiger partial charge in [0.2, 0.25) is 0 Å². The van der Waals surface area contributed by atoms with Gasteiger partial charge < -0.3 is 20.1 Å². The highest BCUT2D eigenvalue weighted by Crippen LogP contribution is 2.36. The summed E-state index contributed by atoms with van der Waals surface area (Å²) in [6.45, 7) is 2.59. The van der Waals surface area contributed by atoms with Crippen molar-refractivity contribution in [1.82, 2.24) is 5.32 Å². The summed E-state index contributed by atoms with van der Waals surface area (Å²) >= 11 is 3.64. The molecule has 1 amide bonds. The van der Waals surface area contributed by atoms with Gasteiger partial charge in [0.05, 0.1) is 7.11 Å². The van der Waals surface area contributed by atoms with Gasteiger partial charge in [-0.15, -0.1) is 0 Å². The highest BCUT2D eigenvalue weighted by atomic mass is 79.9. The minimum Gasteiger partial charge on any atom is -0.493 e. The molecule has 5 nitrogen and oxygen atoms in total. The quantitative estimate of drug-likeness (QED) is 0.489. The minimum atomic E-state index is -0.205. The van der Waals surface area contributed by atoms with E-state index in [4.69, 9.17) is 9.47 Å². The van der Waals surface area contributed by atoms with Crippen molar-refractivity contribution in [3.63, 3.8) is 0 Å². The number of rotatable bonds is 8. The lowest BCUT2D eigenvalue weighted by atomic mass is 10.1. The molecule has 30 heavy (non-hydrogen) atoms. The standard InChI is InChI=1S/C24H31BrN2O3/c1-17-9-11-19(12-10-17)27-23(28)16-30-24-20(21(25)13-14-22(24)29-2)15-26-18-7-5-3-4-6-8-18/h9-14,18,26H,3-8,15-16H2,1-2H3,(H,27,28). The maximum atomic E-state index is 12.4. The van der Waals surface area contributed by atoms with Crippen molar-refractivity contribution < 1.29 is 14.3 Å². The number of hydrogen-bond acceptors (Lipinski definition) is 4. The van der Waals surface area contributed by atoms with Crippen molar-refractivity contribution in [2.45, 2.75) is 58.0 Å². The summed E-state index contributed by atoms with van der Waals surface area (Å²) in [5.41, 5.74) is 2.88. The Balaban J connectivity index is 1.66. The smallest absolute Gasteiger partial charge is 0.262 e. The number of benzene rings is 2. The number of methoxy groups -OCH3 is 1. The lowest BCUT2D eigenvalue weighted by molar-refractivity contribution is -0.118. The van der Waals surface area contributed by atoms with Gasteiger partial charge in [-0.3, -0.25) is 4.79 Å². The molecule has 0 atom stereocenters. The van der Waals surface area contributed by atoms with Crippen LogP contribution in [0.2, 0.25) is 0 Å². The Morgan fingerprint density at radius 1 is 1.07 bits per heavy atom. The summed E-state index contributed by atoms with van der Waals surface area (Å²) in [4.78, 5) is 12.4. The fourth-order valence-corrected chi connectivity index (χ4v) is 4.22. The molecule has 0 aromatic heterocycles. The molecule has 2 aromatic carbocycles. The molecule has 3 rings (SSSR count). The second-order valence-electron chi connectivity index (χ2n) is 7.83. The predicted octanol–water partition coefficient (Wildman–Crippen LogP) is 5.60. The molecule has 6 heteroatoms. The molecule has 1 aliphatic carbocycles. The molecule has 1 aliphatic rings. The lowest BCUT2D eigenvalue weighted by Gasteiger charge is -2.20. The average Bonchev–Trinajstić information content (AvgIpc) is 3.02. The molecule has 1 fully saturated rings. The Bertz CT molecular complexity index is 831. The van der Waals surface area contributed by atoms with Crippen LogP contribution in [-0.2, 0) is 11.3 Å². The molecular formula is C24H31BrN2O3. The van der Waals surface area contributed by atoms with E-state index < -0.39 is 0 Å². The largest absolute Gasteiger partial charge is 0.493 e. The zero-order valence-corrected chi connectivity index (χ0v) is 19.4. The molecule has 0 heterocycles. The summed E-state index contributed by atoms with van der Waals surface area (Å²) in [6, 6.07) is 12.0. The monoisotopic (exact) mass is 474 g/mol. The maximum Gasteiger partial charge on any atom is 0.262 e. The normalized spacial score (nSPS) is 14.8. The van der Waals surface area contributed by atoms with Gasteiger partial charge in [-0.05, 0) is 44.0 Å². The zero-order chi connectivity index (χ0) is 21.3. The minimum absolute atomic E-state index is 0.0862. The first kappa shape index (κ1) is 22.6. The average molecular weight is 475 g/mol. The van der Waals surface area contributed by atoms with Gasteiger partial charge in [0, 0.05) is 28.3 Å². The summed E-state index contributed by atoms with van der Waals surface area (Å²) in [6.07, 6.45) is 7.61. The third-order valence-corrected chi connectivity index (χ3v) is 6.24. The van der Waals surface area contributed by atoms with Crippen molar-refractivity contribution in [3.8, 4) is 11.5 Å². The predicted molar refractivity (Wildman–Crippen MR) is 124 cm³/mol. The van der Waals surface area contributed by atoms with E-state index >= 15 is 0 Å². The fraction of sp³-hybridized carbons (Fsp3) is 0.458. The number of carbonyl (C=O) groups excluding carboxylic acids is 1. The van der Waals surface area contributed by atoms with E-state index in [1.54, 1.807) is 7.11 Å². The molecule has 0 spiro atoms. The van der Waals surface area contributed by atoms with Gasteiger partial charge in [0.1, 0.15) is 0 Å². The van der Waals surface area contributed by atoms with Gasteiger partial charge in [-0.25, -0.2) is 0 Å². The van der Waals surface area contributed by atoms with E-state index in [1.165, 1.54) is 38.5 Å². The third-order valence-electron chi connectivity index (χ3n) is 5.49. The summed E-state index contributed by atoms with van der Waals surface area (Å²) in [7, 11) is 1.62. The molecule has 0 bridgehead atoms. The van der Waals surface area contributed by atoms with Crippen LogP contribution in [0, 0.1) is 6.92 Å². The van der Waals surface area contributed by atoms with Gasteiger partial charge in [0.25, 0.3) is 5.91 Å². The van der Waals surface area contributed by atoms with Crippen LogP contribution in [0.4, 0.5) is 5.69 Å². The van der Waals surface area contributed by atoms with Crippen molar-refractivity contribution in [2.75, 3.05) is 19.0 Å². The van der Waals surface area contributed by atoms with Crippen LogP contribution >= 0.6 is 15.9 Å².